The molecule has 0 aromatic heterocycles. The summed E-state index contributed by atoms with van der Waals surface area (Å²) in [6.07, 6.45) is 2.23. The third-order valence-corrected chi connectivity index (χ3v) is 3.38. The van der Waals surface area contributed by atoms with E-state index in [-0.39, 0.29) is 11.9 Å². The van der Waals surface area contributed by atoms with Crippen molar-refractivity contribution in [1.29, 1.82) is 0 Å². The van der Waals surface area contributed by atoms with Crippen LogP contribution in [-0.4, -0.2) is 31.1 Å². The molecule has 2 unspecified atom stereocenters. The van der Waals surface area contributed by atoms with Crippen molar-refractivity contribution in [3.8, 4) is 5.75 Å². The quantitative estimate of drug-likeness (QED) is 0.784. The summed E-state index contributed by atoms with van der Waals surface area (Å²) in [7, 11) is 2.13. The molecule has 3 heteroatoms. The summed E-state index contributed by atoms with van der Waals surface area (Å²) in [6.45, 7) is 4.29. The molecule has 94 valence electrons. The van der Waals surface area contributed by atoms with E-state index in [1.807, 2.05) is 6.07 Å². The van der Waals surface area contributed by atoms with E-state index in [1.165, 1.54) is 6.07 Å². The van der Waals surface area contributed by atoms with E-state index in [0.29, 0.717) is 11.7 Å². The molecule has 1 aromatic carbocycles. The van der Waals surface area contributed by atoms with Gasteiger partial charge in [0.2, 0.25) is 0 Å². The van der Waals surface area contributed by atoms with Crippen LogP contribution in [0.15, 0.2) is 24.3 Å². The second-order valence-electron chi connectivity index (χ2n) is 4.97. The predicted octanol–water partition coefficient (Wildman–Crippen LogP) is 2.93. The molecule has 1 fully saturated rings. The molecule has 0 amide bonds. The van der Waals surface area contributed by atoms with Crippen molar-refractivity contribution in [1.82, 2.24) is 4.90 Å². The molecule has 0 saturated carbocycles. The van der Waals surface area contributed by atoms with E-state index in [2.05, 4.69) is 18.9 Å². The fraction of sp³-hybridized carbons (Fsp3) is 0.571. The van der Waals surface area contributed by atoms with Crippen LogP contribution in [0.5, 0.6) is 5.75 Å². The van der Waals surface area contributed by atoms with Gasteiger partial charge in [-0.25, -0.2) is 4.39 Å². The Morgan fingerprint density at radius 2 is 2.12 bits per heavy atom. The van der Waals surface area contributed by atoms with E-state index in [0.717, 1.165) is 25.9 Å². The molecule has 0 aliphatic carbocycles. The van der Waals surface area contributed by atoms with Crippen molar-refractivity contribution in [3.05, 3.63) is 30.1 Å². The molecule has 2 atom stereocenters. The van der Waals surface area contributed by atoms with Gasteiger partial charge in [-0.15, -0.1) is 0 Å². The van der Waals surface area contributed by atoms with Crippen molar-refractivity contribution in [2.75, 3.05) is 20.1 Å². The molecule has 1 aliphatic heterocycles. The van der Waals surface area contributed by atoms with Gasteiger partial charge in [-0.3, -0.25) is 0 Å². The Labute approximate surface area is 102 Å². The summed E-state index contributed by atoms with van der Waals surface area (Å²) >= 11 is 0. The monoisotopic (exact) mass is 237 g/mol. The van der Waals surface area contributed by atoms with Crippen LogP contribution < -0.4 is 4.74 Å². The zero-order valence-corrected chi connectivity index (χ0v) is 10.5. The number of hydrogen-bond donors (Lipinski definition) is 0. The van der Waals surface area contributed by atoms with Crippen molar-refractivity contribution >= 4 is 0 Å². The summed E-state index contributed by atoms with van der Waals surface area (Å²) in [5.41, 5.74) is 0. The summed E-state index contributed by atoms with van der Waals surface area (Å²) < 4.78 is 19.3. The Bertz CT molecular complexity index is 369. The van der Waals surface area contributed by atoms with E-state index in [9.17, 15) is 4.39 Å². The maximum absolute atomic E-state index is 13.5. The van der Waals surface area contributed by atoms with Gasteiger partial charge in [0.05, 0.1) is 0 Å². The summed E-state index contributed by atoms with van der Waals surface area (Å²) in [5, 5.41) is 0. The first kappa shape index (κ1) is 12.4. The van der Waals surface area contributed by atoms with Crippen LogP contribution in [0.3, 0.4) is 0 Å². The molecular weight excluding hydrogens is 217 g/mol. The molecule has 0 spiro atoms. The minimum absolute atomic E-state index is 0.122. The SMILES string of the molecule is CC1CN(C)CCCC1Oc1ccccc1F. The Morgan fingerprint density at radius 1 is 1.35 bits per heavy atom. The zero-order valence-electron chi connectivity index (χ0n) is 10.5. The number of likely N-dealkylation sites (tertiary alicyclic amines) is 1. The van der Waals surface area contributed by atoms with Crippen molar-refractivity contribution in [3.63, 3.8) is 0 Å². The number of rotatable bonds is 2. The normalized spacial score (nSPS) is 26.5. The van der Waals surface area contributed by atoms with Crippen molar-refractivity contribution in [2.45, 2.75) is 25.9 Å². The standard InChI is InChI=1S/C14H20FNO/c1-11-10-16(2)9-5-8-13(11)17-14-7-4-3-6-12(14)15/h3-4,6-7,11,13H,5,8-10H2,1-2H3. The lowest BCUT2D eigenvalue weighted by Crippen LogP contribution is -2.30. The second kappa shape index (κ2) is 5.50. The van der Waals surface area contributed by atoms with Gasteiger partial charge in [0.25, 0.3) is 0 Å². The molecule has 1 aliphatic rings. The van der Waals surface area contributed by atoms with E-state index in [1.54, 1.807) is 12.1 Å². The average molecular weight is 237 g/mol. The maximum Gasteiger partial charge on any atom is 0.165 e. The van der Waals surface area contributed by atoms with Gasteiger partial charge in [-0.2, -0.15) is 0 Å². The lowest BCUT2D eigenvalue weighted by atomic mass is 10.0. The highest BCUT2D eigenvalue weighted by Gasteiger charge is 2.24. The van der Waals surface area contributed by atoms with Crippen molar-refractivity contribution in [2.24, 2.45) is 5.92 Å². The first-order valence-corrected chi connectivity index (χ1v) is 6.26. The zero-order chi connectivity index (χ0) is 12.3. The van der Waals surface area contributed by atoms with Crippen LogP contribution in [0.25, 0.3) is 0 Å². The van der Waals surface area contributed by atoms with E-state index >= 15 is 0 Å². The first-order valence-electron chi connectivity index (χ1n) is 6.26. The minimum atomic E-state index is -0.266. The summed E-state index contributed by atoms with van der Waals surface area (Å²) in [6, 6.07) is 6.65. The highest BCUT2D eigenvalue weighted by Crippen LogP contribution is 2.24. The second-order valence-corrected chi connectivity index (χ2v) is 4.97. The van der Waals surface area contributed by atoms with Gasteiger partial charge >= 0.3 is 0 Å². The largest absolute Gasteiger partial charge is 0.487 e. The van der Waals surface area contributed by atoms with E-state index < -0.39 is 0 Å². The van der Waals surface area contributed by atoms with Crippen LogP contribution in [0.1, 0.15) is 19.8 Å². The number of para-hydroxylation sites is 1. The minimum Gasteiger partial charge on any atom is -0.487 e. The third kappa shape index (κ3) is 3.19. The molecule has 17 heavy (non-hydrogen) atoms. The van der Waals surface area contributed by atoms with Gasteiger partial charge in [-0.1, -0.05) is 19.1 Å². The first-order chi connectivity index (χ1) is 8.16. The fourth-order valence-electron chi connectivity index (χ4n) is 2.43. The lowest BCUT2D eigenvalue weighted by molar-refractivity contribution is 0.126. The molecule has 2 rings (SSSR count). The molecule has 1 saturated heterocycles. The third-order valence-electron chi connectivity index (χ3n) is 3.38. The van der Waals surface area contributed by atoms with E-state index in [4.69, 9.17) is 4.74 Å². The molecular formula is C14H20FNO. The Morgan fingerprint density at radius 3 is 2.88 bits per heavy atom. The molecule has 2 nitrogen and oxygen atoms in total. The highest BCUT2D eigenvalue weighted by molar-refractivity contribution is 5.24. The van der Waals surface area contributed by atoms with Gasteiger partial charge in [0.1, 0.15) is 6.10 Å². The van der Waals surface area contributed by atoms with Gasteiger partial charge in [0.15, 0.2) is 11.6 Å². The van der Waals surface area contributed by atoms with Crippen molar-refractivity contribution < 1.29 is 9.13 Å². The molecule has 1 aromatic rings. The summed E-state index contributed by atoms with van der Waals surface area (Å²) in [5.74, 6) is 0.549. The topological polar surface area (TPSA) is 12.5 Å². The summed E-state index contributed by atoms with van der Waals surface area (Å²) in [4.78, 5) is 2.31. The Hall–Kier alpha value is -1.09. The van der Waals surface area contributed by atoms with Crippen LogP contribution in [0.4, 0.5) is 4.39 Å². The highest BCUT2D eigenvalue weighted by atomic mass is 19.1. The number of hydrogen-bond acceptors (Lipinski definition) is 2. The number of ether oxygens (including phenoxy) is 1. The van der Waals surface area contributed by atoms with Gasteiger partial charge in [0, 0.05) is 12.5 Å². The van der Waals surface area contributed by atoms with Crippen LogP contribution >= 0.6 is 0 Å². The van der Waals surface area contributed by atoms with Gasteiger partial charge in [-0.05, 0) is 38.6 Å². The lowest BCUT2D eigenvalue weighted by Gasteiger charge is -2.24. The van der Waals surface area contributed by atoms with Gasteiger partial charge < -0.3 is 9.64 Å². The number of benzene rings is 1. The number of halogens is 1. The molecule has 0 N–H and O–H groups in total. The molecule has 0 bridgehead atoms. The van der Waals surface area contributed by atoms with Crippen LogP contribution in [-0.2, 0) is 0 Å². The predicted molar refractivity (Wildman–Crippen MR) is 66.7 cm³/mol. The maximum atomic E-state index is 13.5. The number of nitrogens with zero attached hydrogens (tertiary/aromatic N) is 1. The molecule has 1 heterocycles. The smallest absolute Gasteiger partial charge is 0.165 e. The fourth-order valence-corrected chi connectivity index (χ4v) is 2.43. The Kier molecular flexibility index (Phi) is 4.00. The van der Waals surface area contributed by atoms with Crippen LogP contribution in [0.2, 0.25) is 0 Å². The van der Waals surface area contributed by atoms with Crippen LogP contribution in [0, 0.1) is 11.7 Å². The average Bonchev–Trinajstić information content (AvgIpc) is 2.44. The Balaban J connectivity index is 2.05. The molecule has 0 radical (unpaired) electrons.